The normalized spacial score (nSPS) is 44.6. The molecule has 3 heteroatoms. The second kappa shape index (κ2) is 5.14. The van der Waals surface area contributed by atoms with Crippen molar-refractivity contribution in [3.8, 4) is 0 Å². The Kier molecular flexibility index (Phi) is 3.48. The minimum Gasteiger partial charge on any atom is -0.391 e. The predicted molar refractivity (Wildman–Crippen MR) is 92.3 cm³/mol. The molecule has 0 radical (unpaired) electrons. The molecule has 0 aromatic rings. The van der Waals surface area contributed by atoms with Gasteiger partial charge in [0.25, 0.3) is 0 Å². The maximum absolute atomic E-state index is 12.3. The number of fused-ring (bicyclic) bond motifs is 4. The third kappa shape index (κ3) is 1.94. The number of rotatable bonds is 1. The first-order valence-corrected chi connectivity index (χ1v) is 9.44. The zero-order chi connectivity index (χ0) is 17.3. The fourth-order valence-corrected chi connectivity index (χ4v) is 6.26. The summed E-state index contributed by atoms with van der Waals surface area (Å²) < 4.78 is 0. The van der Waals surface area contributed by atoms with Gasteiger partial charge in [0.05, 0.1) is 11.5 Å². The van der Waals surface area contributed by atoms with Crippen LogP contribution in [0.15, 0.2) is 22.8 Å². The number of ketones is 2. The van der Waals surface area contributed by atoms with E-state index in [4.69, 9.17) is 0 Å². The molecule has 0 aromatic carbocycles. The van der Waals surface area contributed by atoms with E-state index in [1.165, 1.54) is 16.7 Å². The van der Waals surface area contributed by atoms with E-state index in [0.29, 0.717) is 24.7 Å². The number of aliphatic hydroxyl groups is 1. The van der Waals surface area contributed by atoms with Crippen molar-refractivity contribution in [1.82, 2.24) is 0 Å². The van der Waals surface area contributed by atoms with E-state index in [2.05, 4.69) is 6.92 Å². The molecule has 5 unspecified atom stereocenters. The van der Waals surface area contributed by atoms with Crippen molar-refractivity contribution < 1.29 is 14.7 Å². The fourth-order valence-electron chi connectivity index (χ4n) is 6.26. The lowest BCUT2D eigenvalue weighted by Gasteiger charge is -2.52. The van der Waals surface area contributed by atoms with E-state index in [9.17, 15) is 14.7 Å². The summed E-state index contributed by atoms with van der Waals surface area (Å²) in [5.74, 6) is 1.44. The average molecular weight is 328 g/mol. The molecular weight excluding hydrogens is 300 g/mol. The molecule has 0 saturated heterocycles. The Bertz CT molecular complexity index is 685. The van der Waals surface area contributed by atoms with Gasteiger partial charge in [0.1, 0.15) is 5.78 Å². The van der Waals surface area contributed by atoms with Crippen LogP contribution in [-0.4, -0.2) is 22.8 Å². The maximum Gasteiger partial charge on any atom is 0.155 e. The second-order valence-electron chi connectivity index (χ2n) is 8.83. The van der Waals surface area contributed by atoms with Gasteiger partial charge in [0.2, 0.25) is 0 Å². The molecule has 1 N–H and O–H groups in total. The molecule has 0 amide bonds. The average Bonchev–Trinajstić information content (AvgIpc) is 2.81. The van der Waals surface area contributed by atoms with Gasteiger partial charge in [0, 0.05) is 6.42 Å². The van der Waals surface area contributed by atoms with Crippen LogP contribution in [0.2, 0.25) is 0 Å². The molecule has 5 atom stereocenters. The highest BCUT2D eigenvalue weighted by Crippen LogP contribution is 2.62. The topological polar surface area (TPSA) is 54.4 Å². The van der Waals surface area contributed by atoms with E-state index in [0.717, 1.165) is 32.1 Å². The summed E-state index contributed by atoms with van der Waals surface area (Å²) in [6.07, 6.45) is 7.74. The molecule has 3 nitrogen and oxygen atoms in total. The van der Waals surface area contributed by atoms with Gasteiger partial charge in [-0.25, -0.2) is 0 Å². The van der Waals surface area contributed by atoms with Gasteiger partial charge in [-0.2, -0.15) is 0 Å². The molecule has 4 aliphatic rings. The minimum absolute atomic E-state index is 0.101. The molecule has 0 heterocycles. The highest BCUT2D eigenvalue weighted by atomic mass is 16.3. The van der Waals surface area contributed by atoms with Gasteiger partial charge in [-0.05, 0) is 75.7 Å². The van der Waals surface area contributed by atoms with Gasteiger partial charge in [-0.15, -0.1) is 0 Å². The Hall–Kier alpha value is -1.22. The monoisotopic (exact) mass is 328 g/mol. The number of hydrogen-bond acceptors (Lipinski definition) is 3. The van der Waals surface area contributed by atoms with Gasteiger partial charge in [-0.1, -0.05) is 23.6 Å². The van der Waals surface area contributed by atoms with Crippen molar-refractivity contribution >= 4 is 11.6 Å². The summed E-state index contributed by atoms with van der Waals surface area (Å²) in [7, 11) is 0. The standard InChI is InChI=1S/C21H28O3/c1-12(22)21(3)18-7-6-17-15(16(18)11-19(21)24)5-4-13-10-14(23)8-9-20(13,17)2/h10,15,17,19,24H,4-9,11H2,1-3H3. The molecule has 4 aliphatic carbocycles. The Morgan fingerprint density at radius 2 is 1.96 bits per heavy atom. The molecule has 1 saturated carbocycles. The number of carbonyl (C=O) groups is 2. The summed E-state index contributed by atoms with van der Waals surface area (Å²) in [5.41, 5.74) is 3.45. The summed E-state index contributed by atoms with van der Waals surface area (Å²) in [4.78, 5) is 24.1. The first kappa shape index (κ1) is 16.3. The summed E-state index contributed by atoms with van der Waals surface area (Å²) in [6, 6.07) is 0. The highest BCUT2D eigenvalue weighted by Gasteiger charge is 2.55. The fraction of sp³-hybridized carbons (Fsp3) is 0.714. The number of carbonyl (C=O) groups excluding carboxylic acids is 2. The maximum atomic E-state index is 12.3. The van der Waals surface area contributed by atoms with Crippen molar-refractivity contribution in [2.45, 2.75) is 71.8 Å². The highest BCUT2D eigenvalue weighted by molar-refractivity contribution is 5.91. The van der Waals surface area contributed by atoms with E-state index < -0.39 is 11.5 Å². The SMILES string of the molecule is CC(=O)C1(C)C2=C(CC1O)C1CCC3=CC(=O)CCC3(C)C1CC2. The molecule has 0 aromatic heterocycles. The van der Waals surface area contributed by atoms with E-state index in [1.807, 2.05) is 13.0 Å². The lowest BCUT2D eigenvalue weighted by atomic mass is 9.52. The number of hydrogen-bond donors (Lipinski definition) is 1. The zero-order valence-electron chi connectivity index (χ0n) is 15.0. The van der Waals surface area contributed by atoms with Crippen molar-refractivity contribution in [2.24, 2.45) is 22.7 Å². The van der Waals surface area contributed by atoms with Crippen molar-refractivity contribution in [3.05, 3.63) is 22.8 Å². The third-order valence-electron chi connectivity index (χ3n) is 7.97. The smallest absolute Gasteiger partial charge is 0.155 e. The van der Waals surface area contributed by atoms with Crippen LogP contribution in [0.4, 0.5) is 0 Å². The van der Waals surface area contributed by atoms with Gasteiger partial charge in [-0.3, -0.25) is 9.59 Å². The number of allylic oxidation sites excluding steroid dienone is 2. The molecule has 4 rings (SSSR count). The molecule has 130 valence electrons. The van der Waals surface area contributed by atoms with Gasteiger partial charge in [0.15, 0.2) is 5.78 Å². The van der Waals surface area contributed by atoms with Crippen molar-refractivity contribution in [1.29, 1.82) is 0 Å². The third-order valence-corrected chi connectivity index (χ3v) is 7.97. The molecule has 24 heavy (non-hydrogen) atoms. The molecule has 0 spiro atoms. The lowest BCUT2D eigenvalue weighted by molar-refractivity contribution is -0.128. The van der Waals surface area contributed by atoms with Crippen LogP contribution in [0.5, 0.6) is 0 Å². The molecule has 0 bridgehead atoms. The van der Waals surface area contributed by atoms with Gasteiger partial charge >= 0.3 is 0 Å². The quantitative estimate of drug-likeness (QED) is 0.746. The van der Waals surface area contributed by atoms with E-state index in [1.54, 1.807) is 6.92 Å². The zero-order valence-corrected chi connectivity index (χ0v) is 15.0. The van der Waals surface area contributed by atoms with Crippen molar-refractivity contribution in [2.75, 3.05) is 0 Å². The first-order chi connectivity index (χ1) is 11.3. The van der Waals surface area contributed by atoms with Crippen LogP contribution < -0.4 is 0 Å². The molecule has 1 fully saturated rings. The summed E-state index contributed by atoms with van der Waals surface area (Å²) in [5, 5.41) is 10.7. The largest absolute Gasteiger partial charge is 0.391 e. The molecular formula is C21H28O3. The van der Waals surface area contributed by atoms with Crippen LogP contribution in [0.3, 0.4) is 0 Å². The Morgan fingerprint density at radius 3 is 2.67 bits per heavy atom. The van der Waals surface area contributed by atoms with Crippen LogP contribution in [0.1, 0.15) is 65.7 Å². The van der Waals surface area contributed by atoms with Gasteiger partial charge < -0.3 is 5.11 Å². The lowest BCUT2D eigenvalue weighted by Crippen LogP contribution is -2.44. The number of Topliss-reactive ketones (excluding diaryl/α,β-unsaturated/α-hetero) is 1. The second-order valence-corrected chi connectivity index (χ2v) is 8.83. The summed E-state index contributed by atoms with van der Waals surface area (Å²) >= 11 is 0. The van der Waals surface area contributed by atoms with Crippen LogP contribution in [-0.2, 0) is 9.59 Å². The first-order valence-electron chi connectivity index (χ1n) is 9.44. The van der Waals surface area contributed by atoms with Crippen LogP contribution >= 0.6 is 0 Å². The van der Waals surface area contributed by atoms with Crippen molar-refractivity contribution in [3.63, 3.8) is 0 Å². The summed E-state index contributed by atoms with van der Waals surface area (Å²) in [6.45, 7) is 5.92. The van der Waals surface area contributed by atoms with Crippen LogP contribution in [0.25, 0.3) is 0 Å². The van der Waals surface area contributed by atoms with Crippen LogP contribution in [0, 0.1) is 22.7 Å². The Balaban J connectivity index is 1.75. The Morgan fingerprint density at radius 1 is 1.21 bits per heavy atom. The number of aliphatic hydroxyl groups excluding tert-OH is 1. The van der Waals surface area contributed by atoms with E-state index in [-0.39, 0.29) is 17.0 Å². The predicted octanol–water partition coefficient (Wildman–Crippen LogP) is 3.76. The van der Waals surface area contributed by atoms with E-state index >= 15 is 0 Å². The Labute approximate surface area is 144 Å². The molecule has 0 aliphatic heterocycles. The minimum atomic E-state index is -0.667.